The molecule has 1 N–H and O–H groups in total. The summed E-state index contributed by atoms with van der Waals surface area (Å²) >= 11 is 3.49. The van der Waals surface area contributed by atoms with Gasteiger partial charge in [-0.1, -0.05) is 0 Å². The topological polar surface area (TPSA) is 58.4 Å². The van der Waals surface area contributed by atoms with Gasteiger partial charge in [-0.25, -0.2) is 0 Å². The second-order valence-electron chi connectivity index (χ2n) is 5.83. The van der Waals surface area contributed by atoms with Gasteiger partial charge in [-0.05, 0) is 67.7 Å². The Morgan fingerprint density at radius 2 is 2.10 bits per heavy atom. The minimum atomic E-state index is -0.360. The fourth-order valence-electron chi connectivity index (χ4n) is 2.77. The number of piperidine rings is 1. The molecule has 0 saturated carbocycles. The van der Waals surface area contributed by atoms with Crippen LogP contribution >= 0.6 is 15.9 Å². The van der Waals surface area contributed by atoms with Gasteiger partial charge in [0.2, 0.25) is 0 Å². The third kappa shape index (κ3) is 4.17. The molecule has 1 aliphatic heterocycles. The molecule has 1 heterocycles. The van der Waals surface area contributed by atoms with Gasteiger partial charge in [0, 0.05) is 29.2 Å². The van der Waals surface area contributed by atoms with E-state index >= 15 is 0 Å². The van der Waals surface area contributed by atoms with Crippen LogP contribution in [0.1, 0.15) is 26.7 Å². The first-order valence-electron chi connectivity index (χ1n) is 7.40. The Kier molecular flexibility index (Phi) is 5.58. The number of nitrogens with one attached hydrogen (secondary N) is 1. The van der Waals surface area contributed by atoms with E-state index in [0.29, 0.717) is 12.0 Å². The molecule has 0 unspecified atom stereocenters. The van der Waals surface area contributed by atoms with Crippen molar-refractivity contribution < 1.29 is 4.92 Å². The Morgan fingerprint density at radius 3 is 2.62 bits per heavy atom. The lowest BCUT2D eigenvalue weighted by molar-refractivity contribution is -0.384. The first-order valence-corrected chi connectivity index (χ1v) is 8.19. The minimum Gasteiger partial charge on any atom is -0.368 e. The first-order chi connectivity index (χ1) is 9.99. The van der Waals surface area contributed by atoms with Gasteiger partial charge >= 0.3 is 0 Å². The molecule has 0 atom stereocenters. The summed E-state index contributed by atoms with van der Waals surface area (Å²) in [5.41, 5.74) is 1.16. The molecule has 0 spiro atoms. The average molecular weight is 356 g/mol. The molecule has 0 bridgehead atoms. The van der Waals surface area contributed by atoms with E-state index in [4.69, 9.17) is 0 Å². The quantitative estimate of drug-likeness (QED) is 0.647. The van der Waals surface area contributed by atoms with E-state index in [1.165, 1.54) is 12.8 Å². The van der Waals surface area contributed by atoms with Gasteiger partial charge in [0.05, 0.1) is 10.6 Å². The smallest absolute Gasteiger partial charge is 0.270 e. The summed E-state index contributed by atoms with van der Waals surface area (Å²) < 4.78 is 0.791. The van der Waals surface area contributed by atoms with Gasteiger partial charge in [-0.3, -0.25) is 10.1 Å². The highest BCUT2D eigenvalue weighted by Gasteiger charge is 2.21. The molecule has 1 aromatic rings. The van der Waals surface area contributed by atoms with Gasteiger partial charge in [0.25, 0.3) is 5.69 Å². The van der Waals surface area contributed by atoms with Crippen molar-refractivity contribution in [1.82, 2.24) is 5.32 Å². The van der Waals surface area contributed by atoms with Crippen LogP contribution in [0.15, 0.2) is 22.7 Å². The maximum absolute atomic E-state index is 10.8. The number of nitro groups is 1. The van der Waals surface area contributed by atoms with Crippen LogP contribution in [0.4, 0.5) is 11.4 Å². The number of hydrogen-bond acceptors (Lipinski definition) is 4. The van der Waals surface area contributed by atoms with E-state index in [1.807, 2.05) is 6.07 Å². The van der Waals surface area contributed by atoms with Gasteiger partial charge in [0.1, 0.15) is 0 Å². The Bertz CT molecular complexity index is 502. The molecule has 5 nitrogen and oxygen atoms in total. The van der Waals surface area contributed by atoms with Gasteiger partial charge in [-0.15, -0.1) is 0 Å². The summed E-state index contributed by atoms with van der Waals surface area (Å²) in [7, 11) is 0. The minimum absolute atomic E-state index is 0.121. The lowest BCUT2D eigenvalue weighted by atomic mass is 9.96. The number of non-ortho nitro benzene ring substituents is 1. The van der Waals surface area contributed by atoms with Gasteiger partial charge < -0.3 is 10.2 Å². The standard InChI is InChI=1S/C15H22BrN3O2/c1-11(2)18(10-12-5-7-17-8-6-12)15-4-3-13(19(20)21)9-14(15)16/h3-4,9,11-12,17H,5-8,10H2,1-2H3. The van der Waals surface area contributed by atoms with E-state index in [0.717, 1.165) is 29.8 Å². The molecular weight excluding hydrogens is 334 g/mol. The Morgan fingerprint density at radius 1 is 1.43 bits per heavy atom. The van der Waals surface area contributed by atoms with Crippen molar-refractivity contribution in [3.63, 3.8) is 0 Å². The highest BCUT2D eigenvalue weighted by atomic mass is 79.9. The van der Waals surface area contributed by atoms with Crippen LogP contribution in [0.3, 0.4) is 0 Å². The highest BCUT2D eigenvalue weighted by molar-refractivity contribution is 9.10. The Balaban J connectivity index is 2.19. The third-order valence-electron chi connectivity index (χ3n) is 3.99. The van der Waals surface area contributed by atoms with E-state index in [9.17, 15) is 10.1 Å². The molecule has 1 aromatic carbocycles. The van der Waals surface area contributed by atoms with Crippen LogP contribution < -0.4 is 10.2 Å². The fourth-order valence-corrected chi connectivity index (χ4v) is 3.37. The Labute approximate surface area is 134 Å². The predicted octanol–water partition coefficient (Wildman–Crippen LogP) is 3.57. The fraction of sp³-hybridized carbons (Fsp3) is 0.600. The lowest BCUT2D eigenvalue weighted by Crippen LogP contribution is -2.39. The zero-order chi connectivity index (χ0) is 15.4. The molecule has 0 aromatic heterocycles. The Hall–Kier alpha value is -1.14. The van der Waals surface area contributed by atoms with Crippen LogP contribution in [0, 0.1) is 16.0 Å². The van der Waals surface area contributed by atoms with Crippen LogP contribution in [0.25, 0.3) is 0 Å². The second-order valence-corrected chi connectivity index (χ2v) is 6.69. The maximum atomic E-state index is 10.8. The molecule has 1 fully saturated rings. The highest BCUT2D eigenvalue weighted by Crippen LogP contribution is 2.32. The van der Waals surface area contributed by atoms with E-state index in [-0.39, 0.29) is 10.6 Å². The summed E-state index contributed by atoms with van der Waals surface area (Å²) in [6, 6.07) is 5.38. The van der Waals surface area contributed by atoms with E-state index in [1.54, 1.807) is 12.1 Å². The summed E-state index contributed by atoms with van der Waals surface area (Å²) in [5.74, 6) is 0.677. The van der Waals surface area contributed by atoms with E-state index < -0.39 is 0 Å². The molecule has 1 aliphatic rings. The van der Waals surface area contributed by atoms with Crippen LogP contribution in [0.2, 0.25) is 0 Å². The molecule has 0 amide bonds. The lowest BCUT2D eigenvalue weighted by Gasteiger charge is -2.35. The average Bonchev–Trinajstić information content (AvgIpc) is 2.46. The number of nitrogens with zero attached hydrogens (tertiary/aromatic N) is 2. The van der Waals surface area contributed by atoms with E-state index in [2.05, 4.69) is 40.0 Å². The normalized spacial score (nSPS) is 16.2. The first kappa shape index (κ1) is 16.2. The SMILES string of the molecule is CC(C)N(CC1CCNCC1)c1ccc([N+](=O)[O-])cc1Br. The summed E-state index contributed by atoms with van der Waals surface area (Å²) in [6.45, 7) is 7.48. The van der Waals surface area contributed by atoms with Crippen molar-refractivity contribution in [2.75, 3.05) is 24.5 Å². The molecule has 21 heavy (non-hydrogen) atoms. The van der Waals surface area contributed by atoms with Crippen molar-refractivity contribution >= 4 is 27.3 Å². The number of nitro benzene ring substituents is 1. The molecular formula is C15H22BrN3O2. The summed E-state index contributed by atoms with van der Waals surface area (Å²) in [4.78, 5) is 12.8. The van der Waals surface area contributed by atoms with Crippen LogP contribution in [0.5, 0.6) is 0 Å². The summed E-state index contributed by atoms with van der Waals surface area (Å²) in [5, 5.41) is 14.2. The van der Waals surface area contributed by atoms with Crippen molar-refractivity contribution in [3.8, 4) is 0 Å². The molecule has 116 valence electrons. The number of rotatable bonds is 5. The number of anilines is 1. The second kappa shape index (κ2) is 7.22. The number of benzene rings is 1. The maximum Gasteiger partial charge on any atom is 0.270 e. The van der Waals surface area contributed by atoms with Crippen molar-refractivity contribution in [3.05, 3.63) is 32.8 Å². The molecule has 2 rings (SSSR count). The van der Waals surface area contributed by atoms with Gasteiger partial charge in [0.15, 0.2) is 0 Å². The molecule has 0 aliphatic carbocycles. The van der Waals surface area contributed by atoms with Crippen LogP contribution in [-0.4, -0.2) is 30.6 Å². The summed E-state index contributed by atoms with van der Waals surface area (Å²) in [6.07, 6.45) is 2.38. The zero-order valence-electron chi connectivity index (χ0n) is 12.5. The number of halogens is 1. The van der Waals surface area contributed by atoms with Crippen molar-refractivity contribution in [1.29, 1.82) is 0 Å². The number of hydrogen-bond donors (Lipinski definition) is 1. The largest absolute Gasteiger partial charge is 0.368 e. The monoisotopic (exact) mass is 355 g/mol. The third-order valence-corrected chi connectivity index (χ3v) is 4.62. The van der Waals surface area contributed by atoms with Crippen molar-refractivity contribution in [2.24, 2.45) is 5.92 Å². The van der Waals surface area contributed by atoms with Gasteiger partial charge in [-0.2, -0.15) is 0 Å². The van der Waals surface area contributed by atoms with Crippen LogP contribution in [-0.2, 0) is 0 Å². The predicted molar refractivity (Wildman–Crippen MR) is 88.9 cm³/mol. The zero-order valence-corrected chi connectivity index (χ0v) is 14.1. The molecule has 0 radical (unpaired) electrons. The van der Waals surface area contributed by atoms with Crippen molar-refractivity contribution in [2.45, 2.75) is 32.7 Å². The molecule has 6 heteroatoms. The molecule has 1 saturated heterocycles.